The number of carbonyl (C=O) groups excluding carboxylic acids is 2. The molecule has 1 saturated heterocycles. The molecule has 0 bridgehead atoms. The molecule has 1 atom stereocenters. The molecule has 3 heterocycles. The number of benzene rings is 1. The third kappa shape index (κ3) is 3.10. The molecule has 2 aliphatic rings. The third-order valence-electron chi connectivity index (χ3n) is 7.08. The second-order valence-electron chi connectivity index (χ2n) is 8.98. The van der Waals surface area contributed by atoms with Crippen molar-refractivity contribution < 1.29 is 9.59 Å². The zero-order valence-corrected chi connectivity index (χ0v) is 18.2. The smallest absolute Gasteiger partial charge is 0.275 e. The Morgan fingerprint density at radius 1 is 1.13 bits per heavy atom. The second kappa shape index (κ2) is 7.18. The molecule has 1 spiro atoms. The molecular formula is C22H27N7O2. The Balaban J connectivity index is 1.30. The highest BCUT2D eigenvalue weighted by atomic mass is 16.2. The van der Waals surface area contributed by atoms with Gasteiger partial charge in [0.1, 0.15) is 0 Å². The number of fused-ring (bicyclic) bond motifs is 1. The first-order chi connectivity index (χ1) is 14.9. The fourth-order valence-electron chi connectivity index (χ4n) is 5.11. The van der Waals surface area contributed by atoms with E-state index in [1.54, 1.807) is 25.0 Å². The number of hydrogen-bond donors (Lipinski definition) is 0. The highest BCUT2D eigenvalue weighted by molar-refractivity contribution is 6.04. The second-order valence-corrected chi connectivity index (χ2v) is 8.98. The molecule has 31 heavy (non-hydrogen) atoms. The number of hydrogen-bond acceptors (Lipinski definition) is 5. The van der Waals surface area contributed by atoms with Gasteiger partial charge in [0.15, 0.2) is 11.4 Å². The molecule has 5 rings (SSSR count). The minimum atomic E-state index is -0.136. The van der Waals surface area contributed by atoms with Gasteiger partial charge in [0.25, 0.3) is 11.8 Å². The van der Waals surface area contributed by atoms with Crippen LogP contribution in [0, 0.1) is 5.41 Å². The zero-order valence-electron chi connectivity index (χ0n) is 18.2. The van der Waals surface area contributed by atoms with E-state index in [0.29, 0.717) is 24.5 Å². The van der Waals surface area contributed by atoms with Gasteiger partial charge in [-0.25, -0.2) is 4.68 Å². The van der Waals surface area contributed by atoms with Crippen LogP contribution >= 0.6 is 0 Å². The van der Waals surface area contributed by atoms with Gasteiger partial charge in [-0.1, -0.05) is 23.4 Å². The Labute approximate surface area is 180 Å². The number of nitrogens with zero attached hydrogens (tertiary/aromatic N) is 7. The standard InChI is InChI=1S/C22H27N7O2/c1-26(2)20(30)16-14-29(25-23-16)18-8-9-22(18)10-12-28(13-11-22)21(31)19-15-6-4-5-7-17(15)27(3)24-19/h4-7,14,18H,8-13H2,1-3H3. The van der Waals surface area contributed by atoms with Crippen LogP contribution in [0.5, 0.6) is 0 Å². The van der Waals surface area contributed by atoms with E-state index in [2.05, 4.69) is 15.4 Å². The SMILES string of the molecule is CN(C)C(=O)c1cn(C2CCC23CCN(C(=O)c2nn(C)c4ccccc24)CC3)nn1. The maximum Gasteiger partial charge on any atom is 0.275 e. The van der Waals surface area contributed by atoms with Crippen molar-refractivity contribution in [2.24, 2.45) is 12.5 Å². The Hall–Kier alpha value is -3.23. The van der Waals surface area contributed by atoms with Crippen molar-refractivity contribution >= 4 is 22.7 Å². The number of rotatable bonds is 3. The van der Waals surface area contributed by atoms with Crippen LogP contribution in [0.2, 0.25) is 0 Å². The summed E-state index contributed by atoms with van der Waals surface area (Å²) in [5.41, 5.74) is 1.99. The summed E-state index contributed by atoms with van der Waals surface area (Å²) in [7, 11) is 5.30. The number of carbonyl (C=O) groups is 2. The summed E-state index contributed by atoms with van der Waals surface area (Å²) >= 11 is 0. The molecule has 2 amide bonds. The van der Waals surface area contributed by atoms with Gasteiger partial charge < -0.3 is 9.80 Å². The van der Waals surface area contributed by atoms with Crippen molar-refractivity contribution in [1.82, 2.24) is 34.6 Å². The number of amides is 2. The zero-order chi connectivity index (χ0) is 21.8. The van der Waals surface area contributed by atoms with Crippen LogP contribution < -0.4 is 0 Å². The van der Waals surface area contributed by atoms with Gasteiger partial charge >= 0.3 is 0 Å². The molecule has 2 fully saturated rings. The molecule has 1 aliphatic carbocycles. The van der Waals surface area contributed by atoms with Crippen molar-refractivity contribution in [3.63, 3.8) is 0 Å². The molecule has 3 aromatic rings. The summed E-state index contributed by atoms with van der Waals surface area (Å²) in [5, 5.41) is 13.7. The first kappa shape index (κ1) is 19.7. The summed E-state index contributed by atoms with van der Waals surface area (Å²) < 4.78 is 3.64. The third-order valence-corrected chi connectivity index (χ3v) is 7.08. The summed E-state index contributed by atoms with van der Waals surface area (Å²) in [4.78, 5) is 28.8. The molecule has 2 aromatic heterocycles. The summed E-state index contributed by atoms with van der Waals surface area (Å²) in [6, 6.07) is 8.08. The Morgan fingerprint density at radius 3 is 2.55 bits per heavy atom. The largest absolute Gasteiger partial charge is 0.343 e. The van der Waals surface area contributed by atoms with Crippen LogP contribution in [-0.4, -0.2) is 73.6 Å². The summed E-state index contributed by atoms with van der Waals surface area (Å²) in [6.07, 6.45) is 5.75. The van der Waals surface area contributed by atoms with E-state index >= 15 is 0 Å². The minimum Gasteiger partial charge on any atom is -0.343 e. The normalized spacial score (nSPS) is 20.1. The van der Waals surface area contributed by atoms with Gasteiger partial charge in [-0.05, 0) is 37.2 Å². The first-order valence-electron chi connectivity index (χ1n) is 10.7. The molecule has 1 unspecified atom stereocenters. The molecule has 9 nitrogen and oxygen atoms in total. The maximum atomic E-state index is 13.2. The van der Waals surface area contributed by atoms with Gasteiger partial charge in [0, 0.05) is 39.6 Å². The van der Waals surface area contributed by atoms with Gasteiger partial charge in [-0.3, -0.25) is 14.3 Å². The lowest BCUT2D eigenvalue weighted by molar-refractivity contribution is -0.0269. The fraction of sp³-hybridized carbons (Fsp3) is 0.500. The van der Waals surface area contributed by atoms with Crippen molar-refractivity contribution in [2.75, 3.05) is 27.2 Å². The number of piperidine rings is 1. The predicted molar refractivity (Wildman–Crippen MR) is 115 cm³/mol. The quantitative estimate of drug-likeness (QED) is 0.646. The summed E-state index contributed by atoms with van der Waals surface area (Å²) in [6.45, 7) is 1.41. The molecule has 0 radical (unpaired) electrons. The monoisotopic (exact) mass is 421 g/mol. The maximum absolute atomic E-state index is 13.2. The Kier molecular flexibility index (Phi) is 4.56. The van der Waals surface area contributed by atoms with Crippen LogP contribution in [0.3, 0.4) is 0 Å². The molecule has 9 heteroatoms. The van der Waals surface area contributed by atoms with Gasteiger partial charge in [-0.2, -0.15) is 5.10 Å². The van der Waals surface area contributed by atoms with Crippen LogP contribution in [0.15, 0.2) is 30.5 Å². The number of aryl methyl sites for hydroxylation is 1. The Bertz CT molecular complexity index is 1150. The number of para-hydroxylation sites is 1. The topological polar surface area (TPSA) is 89.2 Å². The van der Waals surface area contributed by atoms with Crippen molar-refractivity contribution in [3.8, 4) is 0 Å². The van der Waals surface area contributed by atoms with E-state index < -0.39 is 0 Å². The molecule has 1 aromatic carbocycles. The first-order valence-corrected chi connectivity index (χ1v) is 10.7. The van der Waals surface area contributed by atoms with Crippen molar-refractivity contribution in [3.05, 3.63) is 41.9 Å². The lowest BCUT2D eigenvalue weighted by Crippen LogP contribution is -2.51. The van der Waals surface area contributed by atoms with E-state index in [4.69, 9.17) is 0 Å². The van der Waals surface area contributed by atoms with Crippen LogP contribution in [-0.2, 0) is 7.05 Å². The van der Waals surface area contributed by atoms with Gasteiger partial charge in [0.2, 0.25) is 0 Å². The van der Waals surface area contributed by atoms with Gasteiger partial charge in [0.05, 0.1) is 17.8 Å². The number of aromatic nitrogens is 5. The lowest BCUT2D eigenvalue weighted by Gasteiger charge is -2.53. The molecule has 0 N–H and O–H groups in total. The van der Waals surface area contributed by atoms with E-state index in [9.17, 15) is 9.59 Å². The Morgan fingerprint density at radius 2 is 1.87 bits per heavy atom. The molecular weight excluding hydrogens is 394 g/mol. The minimum absolute atomic E-state index is 0.00199. The molecule has 1 aliphatic heterocycles. The molecule has 1 saturated carbocycles. The van der Waals surface area contributed by atoms with E-state index in [0.717, 1.165) is 36.6 Å². The molecule has 162 valence electrons. The summed E-state index contributed by atoms with van der Waals surface area (Å²) in [5.74, 6) is -0.134. The van der Waals surface area contributed by atoms with E-state index in [1.165, 1.54) is 4.90 Å². The average molecular weight is 422 g/mol. The highest BCUT2D eigenvalue weighted by Crippen LogP contribution is 2.56. The lowest BCUT2D eigenvalue weighted by atomic mass is 9.59. The number of likely N-dealkylation sites (tertiary alicyclic amines) is 1. The average Bonchev–Trinajstić information content (AvgIpc) is 3.37. The van der Waals surface area contributed by atoms with Gasteiger partial charge in [-0.15, -0.1) is 5.10 Å². The van der Waals surface area contributed by atoms with Crippen LogP contribution in [0.25, 0.3) is 10.9 Å². The van der Waals surface area contributed by atoms with E-state index in [-0.39, 0.29) is 23.3 Å². The van der Waals surface area contributed by atoms with E-state index in [1.807, 2.05) is 40.9 Å². The van der Waals surface area contributed by atoms with Crippen molar-refractivity contribution in [2.45, 2.75) is 31.7 Å². The fourth-order valence-corrected chi connectivity index (χ4v) is 5.11. The van der Waals surface area contributed by atoms with Crippen LogP contribution in [0.4, 0.5) is 0 Å². The van der Waals surface area contributed by atoms with Crippen LogP contribution in [0.1, 0.15) is 52.7 Å². The van der Waals surface area contributed by atoms with Crippen molar-refractivity contribution in [1.29, 1.82) is 0 Å². The predicted octanol–water partition coefficient (Wildman–Crippen LogP) is 2.12. The highest BCUT2D eigenvalue weighted by Gasteiger charge is 2.50.